The Kier molecular flexibility index (Phi) is 7.29. The molecule has 1 aliphatic carbocycles. The molecule has 32 heavy (non-hydrogen) atoms. The van der Waals surface area contributed by atoms with Crippen LogP contribution in [-0.4, -0.2) is 65.4 Å². The second kappa shape index (κ2) is 10.1. The van der Waals surface area contributed by atoms with Crippen LogP contribution in [0.2, 0.25) is 0 Å². The van der Waals surface area contributed by atoms with Crippen LogP contribution in [0.3, 0.4) is 0 Å². The van der Waals surface area contributed by atoms with Crippen LogP contribution in [0.25, 0.3) is 0 Å². The van der Waals surface area contributed by atoms with E-state index in [4.69, 9.17) is 9.47 Å². The number of carbonyl (C=O) groups is 5. The van der Waals surface area contributed by atoms with Gasteiger partial charge in [-0.25, -0.2) is 14.5 Å². The lowest BCUT2D eigenvalue weighted by Gasteiger charge is -2.20. The van der Waals surface area contributed by atoms with Gasteiger partial charge in [-0.3, -0.25) is 24.6 Å². The van der Waals surface area contributed by atoms with E-state index in [-0.39, 0.29) is 6.04 Å². The van der Waals surface area contributed by atoms with E-state index in [2.05, 4.69) is 5.32 Å². The number of benzene rings is 1. The summed E-state index contributed by atoms with van der Waals surface area (Å²) in [6, 6.07) is 2.73. The Bertz CT molecular complexity index is 927. The third kappa shape index (κ3) is 4.98. The number of hydrogen-bond acceptors (Lipinski definition) is 7. The van der Waals surface area contributed by atoms with E-state index in [1.807, 2.05) is 12.2 Å². The van der Waals surface area contributed by atoms with Gasteiger partial charge < -0.3 is 14.8 Å². The lowest BCUT2D eigenvalue weighted by atomic mass is 10.2. The maximum atomic E-state index is 12.5. The Morgan fingerprint density at radius 1 is 1.00 bits per heavy atom. The van der Waals surface area contributed by atoms with Crippen LogP contribution >= 0.6 is 0 Å². The van der Waals surface area contributed by atoms with Gasteiger partial charge in [0.15, 0.2) is 11.5 Å². The highest BCUT2D eigenvalue weighted by molar-refractivity contribution is 6.45. The summed E-state index contributed by atoms with van der Waals surface area (Å²) < 4.78 is 10.9. The third-order valence-electron chi connectivity index (χ3n) is 5.13. The van der Waals surface area contributed by atoms with Crippen molar-refractivity contribution in [3.05, 3.63) is 18.2 Å². The molecule has 1 saturated heterocycles. The third-order valence-corrected chi connectivity index (χ3v) is 5.13. The van der Waals surface area contributed by atoms with Gasteiger partial charge >= 0.3 is 23.9 Å². The first-order valence-corrected chi connectivity index (χ1v) is 10.5. The number of nitrogens with one attached hydrogen (secondary N) is 2. The highest BCUT2D eigenvalue weighted by atomic mass is 16.5. The number of urea groups is 2. The van der Waals surface area contributed by atoms with Crippen LogP contribution in [0, 0.1) is 0 Å². The van der Waals surface area contributed by atoms with Gasteiger partial charge in [-0.1, -0.05) is 12.8 Å². The molecule has 2 N–H and O–H groups in total. The van der Waals surface area contributed by atoms with Crippen molar-refractivity contribution < 1.29 is 33.4 Å². The first-order chi connectivity index (χ1) is 15.3. The van der Waals surface area contributed by atoms with Gasteiger partial charge in [0.2, 0.25) is 5.91 Å². The predicted octanol–water partition coefficient (Wildman–Crippen LogP) is 1.87. The molecule has 0 aromatic heterocycles. The molecule has 0 spiro atoms. The Balaban J connectivity index is 1.58. The molecule has 0 radical (unpaired) electrons. The molecule has 3 rings (SSSR count). The van der Waals surface area contributed by atoms with Crippen molar-refractivity contribution in [2.75, 3.05) is 25.1 Å². The maximum absolute atomic E-state index is 12.5. The number of carbonyl (C=O) groups excluding carboxylic acids is 5. The molecule has 1 aliphatic heterocycles. The molecule has 11 heteroatoms. The number of hydrogen-bond donors (Lipinski definition) is 2. The van der Waals surface area contributed by atoms with Crippen molar-refractivity contribution in [3.8, 4) is 11.5 Å². The van der Waals surface area contributed by atoms with Gasteiger partial charge in [0.05, 0.1) is 13.2 Å². The number of imide groups is 3. The zero-order valence-electron chi connectivity index (χ0n) is 18.0. The topological polar surface area (TPSA) is 134 Å². The summed E-state index contributed by atoms with van der Waals surface area (Å²) >= 11 is 0. The summed E-state index contributed by atoms with van der Waals surface area (Å²) in [7, 11) is 0. The maximum Gasteiger partial charge on any atom is 0.334 e. The summed E-state index contributed by atoms with van der Waals surface area (Å²) in [6.07, 6.45) is 3.01. The van der Waals surface area contributed by atoms with E-state index >= 15 is 0 Å². The Hall–Kier alpha value is -3.63. The Labute approximate surface area is 185 Å². The second-order valence-corrected chi connectivity index (χ2v) is 7.32. The van der Waals surface area contributed by atoms with E-state index in [1.54, 1.807) is 25.1 Å². The molecular weight excluding hydrogens is 420 g/mol. The second-order valence-electron chi connectivity index (χ2n) is 7.32. The fourth-order valence-electron chi connectivity index (χ4n) is 3.75. The van der Waals surface area contributed by atoms with E-state index in [0.29, 0.717) is 48.1 Å². The summed E-state index contributed by atoms with van der Waals surface area (Å²) in [4.78, 5) is 62.8. The molecule has 2 aliphatic rings. The minimum Gasteiger partial charge on any atom is -0.490 e. The van der Waals surface area contributed by atoms with Crippen LogP contribution in [0.1, 0.15) is 39.5 Å². The number of amides is 7. The molecule has 172 valence electrons. The van der Waals surface area contributed by atoms with Gasteiger partial charge in [-0.05, 0) is 38.8 Å². The van der Waals surface area contributed by atoms with E-state index < -0.39 is 36.3 Å². The van der Waals surface area contributed by atoms with Gasteiger partial charge in [0.1, 0.15) is 6.54 Å². The SMILES string of the molecule is CCOc1ccc(NC(=O)NC(=O)CN2C(=O)C(=O)N(C3CCCC3)C2=O)cc1OCC. The van der Waals surface area contributed by atoms with Crippen molar-refractivity contribution in [1.29, 1.82) is 0 Å². The molecule has 11 nitrogen and oxygen atoms in total. The number of nitrogens with zero attached hydrogens (tertiary/aromatic N) is 2. The molecule has 0 atom stereocenters. The molecular formula is C21H26N4O7. The average Bonchev–Trinajstić information content (AvgIpc) is 3.33. The quantitative estimate of drug-likeness (QED) is 0.460. The van der Waals surface area contributed by atoms with E-state index in [0.717, 1.165) is 17.7 Å². The fourth-order valence-corrected chi connectivity index (χ4v) is 3.75. The van der Waals surface area contributed by atoms with Crippen LogP contribution in [-0.2, 0) is 14.4 Å². The largest absolute Gasteiger partial charge is 0.490 e. The van der Waals surface area contributed by atoms with Crippen LogP contribution < -0.4 is 20.1 Å². The van der Waals surface area contributed by atoms with Crippen molar-refractivity contribution in [1.82, 2.24) is 15.1 Å². The molecule has 7 amide bonds. The zero-order chi connectivity index (χ0) is 23.3. The summed E-state index contributed by atoms with van der Waals surface area (Å²) in [5.74, 6) is -1.96. The van der Waals surface area contributed by atoms with Crippen molar-refractivity contribution in [2.45, 2.75) is 45.6 Å². The Morgan fingerprint density at radius 3 is 2.31 bits per heavy atom. The lowest BCUT2D eigenvalue weighted by Crippen LogP contribution is -2.45. The van der Waals surface area contributed by atoms with Crippen molar-refractivity contribution >= 4 is 35.5 Å². The van der Waals surface area contributed by atoms with Crippen molar-refractivity contribution in [2.24, 2.45) is 0 Å². The minimum atomic E-state index is -1.06. The standard InChI is InChI=1S/C21H26N4O7/c1-3-31-15-10-9-13(11-16(15)32-4-2)22-20(29)23-17(26)12-24-18(27)19(28)25(21(24)30)14-7-5-6-8-14/h9-11,14H,3-8,12H2,1-2H3,(H2,22,23,26,29). The molecule has 0 bridgehead atoms. The van der Waals surface area contributed by atoms with Gasteiger partial charge in [0.25, 0.3) is 0 Å². The number of rotatable bonds is 8. The number of anilines is 1. The molecule has 1 heterocycles. The minimum absolute atomic E-state index is 0.325. The van der Waals surface area contributed by atoms with Gasteiger partial charge in [0, 0.05) is 17.8 Å². The predicted molar refractivity (Wildman–Crippen MR) is 112 cm³/mol. The lowest BCUT2D eigenvalue weighted by molar-refractivity contribution is -0.144. The van der Waals surface area contributed by atoms with Crippen LogP contribution in [0.5, 0.6) is 11.5 Å². The molecule has 2 fully saturated rings. The first-order valence-electron chi connectivity index (χ1n) is 10.5. The molecule has 1 saturated carbocycles. The van der Waals surface area contributed by atoms with Gasteiger partial charge in [-0.2, -0.15) is 0 Å². The summed E-state index contributed by atoms with van der Waals surface area (Å²) in [5.41, 5.74) is 0.345. The van der Waals surface area contributed by atoms with E-state index in [1.165, 1.54) is 0 Å². The highest BCUT2D eigenvalue weighted by Gasteiger charge is 2.48. The molecule has 1 aromatic rings. The molecule has 1 aromatic carbocycles. The van der Waals surface area contributed by atoms with E-state index in [9.17, 15) is 24.0 Å². The normalized spacial score (nSPS) is 16.5. The fraction of sp³-hybridized carbons (Fsp3) is 0.476. The van der Waals surface area contributed by atoms with Crippen LogP contribution in [0.4, 0.5) is 15.3 Å². The average molecular weight is 446 g/mol. The summed E-state index contributed by atoms with van der Waals surface area (Å²) in [6.45, 7) is 3.74. The smallest absolute Gasteiger partial charge is 0.334 e. The zero-order valence-corrected chi connectivity index (χ0v) is 18.0. The Morgan fingerprint density at radius 2 is 1.66 bits per heavy atom. The highest BCUT2D eigenvalue weighted by Crippen LogP contribution is 2.30. The van der Waals surface area contributed by atoms with Crippen LogP contribution in [0.15, 0.2) is 18.2 Å². The first kappa shape index (κ1) is 23.0. The number of ether oxygens (including phenoxy) is 2. The van der Waals surface area contributed by atoms with Crippen molar-refractivity contribution in [3.63, 3.8) is 0 Å². The monoisotopic (exact) mass is 446 g/mol. The summed E-state index contributed by atoms with van der Waals surface area (Å²) in [5, 5.41) is 4.53. The van der Waals surface area contributed by atoms with Gasteiger partial charge in [-0.15, -0.1) is 0 Å². The molecule has 0 unspecified atom stereocenters.